The normalized spacial score (nSPS) is 20.8. The molecule has 0 saturated heterocycles. The molecule has 0 aliphatic heterocycles. The second-order valence-corrected chi connectivity index (χ2v) is 12.9. The van der Waals surface area contributed by atoms with E-state index < -0.39 is 8.32 Å². The Morgan fingerprint density at radius 2 is 1.52 bits per heavy atom. The first-order valence-electron chi connectivity index (χ1n) is 10.0. The number of hydrogen-bond acceptors (Lipinski definition) is 2. The van der Waals surface area contributed by atoms with Crippen LogP contribution in [0.2, 0.25) is 5.04 Å². The van der Waals surface area contributed by atoms with Gasteiger partial charge in [-0.2, -0.15) is 0 Å². The fraction of sp³-hybridized carbons (Fsp3) is 0.417. The monoisotopic (exact) mass is 380 g/mol. The van der Waals surface area contributed by atoms with Crippen LogP contribution in [0.4, 0.5) is 0 Å². The third-order valence-corrected chi connectivity index (χ3v) is 10.7. The molecule has 2 atom stereocenters. The van der Waals surface area contributed by atoms with Gasteiger partial charge in [0.2, 0.25) is 0 Å². The van der Waals surface area contributed by atoms with Crippen LogP contribution in [-0.4, -0.2) is 25.6 Å². The first-order chi connectivity index (χ1) is 12.8. The molecule has 0 aromatic heterocycles. The van der Waals surface area contributed by atoms with Crippen LogP contribution in [0.5, 0.6) is 0 Å². The van der Waals surface area contributed by atoms with Crippen LogP contribution >= 0.6 is 0 Å². The molecule has 1 fully saturated rings. The third kappa shape index (κ3) is 4.10. The smallest absolute Gasteiger partial charge is 0.261 e. The Labute approximate surface area is 165 Å². The van der Waals surface area contributed by atoms with Crippen molar-refractivity contribution in [2.24, 2.45) is 0 Å². The fourth-order valence-electron chi connectivity index (χ4n) is 4.35. The summed E-state index contributed by atoms with van der Waals surface area (Å²) < 4.78 is 7.04. The molecule has 2 nitrogen and oxygen atoms in total. The van der Waals surface area contributed by atoms with Gasteiger partial charge in [-0.05, 0) is 47.2 Å². The van der Waals surface area contributed by atoms with Gasteiger partial charge in [0.05, 0.1) is 12.2 Å². The van der Waals surface area contributed by atoms with Crippen molar-refractivity contribution in [2.75, 3.05) is 0 Å². The lowest BCUT2D eigenvalue weighted by atomic mass is 10.1. The van der Waals surface area contributed by atoms with Gasteiger partial charge in [-0.15, -0.1) is 0 Å². The van der Waals surface area contributed by atoms with Crippen LogP contribution in [0.15, 0.2) is 72.3 Å². The van der Waals surface area contributed by atoms with Crippen molar-refractivity contribution in [1.29, 1.82) is 0 Å². The molecule has 3 heteroatoms. The molecule has 0 bridgehead atoms. The van der Waals surface area contributed by atoms with Gasteiger partial charge in [0.15, 0.2) is 0 Å². The van der Waals surface area contributed by atoms with Crippen LogP contribution in [0.3, 0.4) is 0 Å². The third-order valence-electron chi connectivity index (χ3n) is 5.60. The molecule has 0 heterocycles. The van der Waals surface area contributed by atoms with Crippen molar-refractivity contribution in [3.05, 3.63) is 72.3 Å². The quantitative estimate of drug-likeness (QED) is 0.614. The maximum atomic E-state index is 10.2. The summed E-state index contributed by atoms with van der Waals surface area (Å²) in [7, 11) is -2.53. The molecular weight excluding hydrogens is 348 g/mol. The molecule has 1 unspecified atom stereocenters. The van der Waals surface area contributed by atoms with E-state index in [-0.39, 0.29) is 17.2 Å². The van der Waals surface area contributed by atoms with Gasteiger partial charge >= 0.3 is 0 Å². The zero-order valence-electron chi connectivity index (χ0n) is 17.0. The first kappa shape index (κ1) is 20.1. The van der Waals surface area contributed by atoms with Gasteiger partial charge in [0.1, 0.15) is 0 Å². The predicted molar refractivity (Wildman–Crippen MR) is 116 cm³/mol. The van der Waals surface area contributed by atoms with E-state index in [9.17, 15) is 5.11 Å². The molecule has 1 N–H and O–H groups in total. The SMILES string of the molecule is CC(/C=C1\CCC[C@@H]1O)O[Si](c1ccccc1)(c1ccccc1)C(C)(C)C. The van der Waals surface area contributed by atoms with Gasteiger partial charge < -0.3 is 9.53 Å². The number of hydrogen-bond donors (Lipinski definition) is 1. The summed E-state index contributed by atoms with van der Waals surface area (Å²) in [4.78, 5) is 0. The molecule has 0 spiro atoms. The first-order valence-corrected chi connectivity index (χ1v) is 11.9. The minimum atomic E-state index is -2.53. The summed E-state index contributed by atoms with van der Waals surface area (Å²) in [5, 5.41) is 12.8. The summed E-state index contributed by atoms with van der Waals surface area (Å²) in [5.41, 5.74) is 1.14. The van der Waals surface area contributed by atoms with Gasteiger partial charge in [-0.3, -0.25) is 0 Å². The molecule has 0 amide bonds. The Morgan fingerprint density at radius 3 is 1.93 bits per heavy atom. The number of aliphatic hydroxyl groups is 1. The number of rotatable bonds is 5. The zero-order chi connectivity index (χ0) is 19.5. The zero-order valence-corrected chi connectivity index (χ0v) is 18.0. The van der Waals surface area contributed by atoms with Gasteiger partial charge in [-0.25, -0.2) is 0 Å². The minimum absolute atomic E-state index is 0.0310. The molecule has 1 saturated carbocycles. The van der Waals surface area contributed by atoms with Gasteiger partial charge in [0.25, 0.3) is 8.32 Å². The summed E-state index contributed by atoms with van der Waals surface area (Å²) in [5.74, 6) is 0. The van der Waals surface area contributed by atoms with Crippen LogP contribution in [0.25, 0.3) is 0 Å². The van der Waals surface area contributed by atoms with E-state index >= 15 is 0 Å². The maximum Gasteiger partial charge on any atom is 0.261 e. The molecule has 3 rings (SSSR count). The molecule has 1 aliphatic rings. The molecule has 1 aliphatic carbocycles. The molecular formula is C24H32O2Si. The average Bonchev–Trinajstić information content (AvgIpc) is 3.04. The molecule has 2 aromatic rings. The standard InChI is InChI=1S/C24H32O2Si/c1-19(18-20-12-11-17-23(20)25)26-27(24(2,3)4,21-13-7-5-8-14-21)22-15-9-6-10-16-22/h5-10,13-16,18-19,23,25H,11-12,17H2,1-4H3/b20-18+/t19?,23-/m0/s1. The lowest BCUT2D eigenvalue weighted by Crippen LogP contribution is -2.67. The van der Waals surface area contributed by atoms with E-state index in [1.165, 1.54) is 10.4 Å². The average molecular weight is 381 g/mol. The van der Waals surface area contributed by atoms with Crippen molar-refractivity contribution < 1.29 is 9.53 Å². The maximum absolute atomic E-state index is 10.2. The predicted octanol–water partition coefficient (Wildman–Crippen LogP) is 4.42. The van der Waals surface area contributed by atoms with E-state index in [4.69, 9.17) is 4.43 Å². The van der Waals surface area contributed by atoms with Crippen LogP contribution in [-0.2, 0) is 4.43 Å². The van der Waals surface area contributed by atoms with E-state index in [0.29, 0.717) is 0 Å². The fourth-order valence-corrected chi connectivity index (χ4v) is 8.99. The lowest BCUT2D eigenvalue weighted by Gasteiger charge is -2.44. The highest BCUT2D eigenvalue weighted by molar-refractivity contribution is 6.99. The van der Waals surface area contributed by atoms with Crippen LogP contribution in [0.1, 0.15) is 47.0 Å². The highest BCUT2D eigenvalue weighted by Crippen LogP contribution is 2.38. The summed E-state index contributed by atoms with van der Waals surface area (Å²) >= 11 is 0. The van der Waals surface area contributed by atoms with Crippen LogP contribution in [0, 0.1) is 0 Å². The summed E-state index contributed by atoms with van der Waals surface area (Å²) in [6.07, 6.45) is 4.75. The Bertz CT molecular complexity index is 722. The molecule has 27 heavy (non-hydrogen) atoms. The summed E-state index contributed by atoms with van der Waals surface area (Å²) in [6.45, 7) is 9.01. The highest BCUT2D eigenvalue weighted by Gasteiger charge is 2.50. The molecule has 144 valence electrons. The largest absolute Gasteiger partial charge is 0.401 e. The molecule has 2 aromatic carbocycles. The Morgan fingerprint density at radius 1 is 1.00 bits per heavy atom. The van der Waals surface area contributed by atoms with E-state index in [2.05, 4.69) is 94.4 Å². The number of benzene rings is 2. The van der Waals surface area contributed by atoms with Gasteiger partial charge in [0, 0.05) is 0 Å². The Kier molecular flexibility index (Phi) is 6.04. The Balaban J connectivity index is 2.09. The van der Waals surface area contributed by atoms with Crippen molar-refractivity contribution in [1.82, 2.24) is 0 Å². The highest BCUT2D eigenvalue weighted by atomic mass is 28.4. The van der Waals surface area contributed by atoms with Gasteiger partial charge in [-0.1, -0.05) is 87.5 Å². The van der Waals surface area contributed by atoms with Crippen molar-refractivity contribution in [3.63, 3.8) is 0 Å². The van der Waals surface area contributed by atoms with Crippen molar-refractivity contribution in [3.8, 4) is 0 Å². The second-order valence-electron chi connectivity index (χ2n) is 8.64. The number of aliphatic hydroxyl groups excluding tert-OH is 1. The van der Waals surface area contributed by atoms with Crippen molar-refractivity contribution in [2.45, 2.75) is 64.2 Å². The minimum Gasteiger partial charge on any atom is -0.401 e. The Hall–Kier alpha value is -1.68. The summed E-state index contributed by atoms with van der Waals surface area (Å²) in [6, 6.07) is 21.4. The lowest BCUT2D eigenvalue weighted by molar-refractivity contribution is 0.211. The van der Waals surface area contributed by atoms with Crippen LogP contribution < -0.4 is 10.4 Å². The second kappa shape index (κ2) is 8.13. The van der Waals surface area contributed by atoms with E-state index in [0.717, 1.165) is 24.8 Å². The molecule has 0 radical (unpaired) electrons. The topological polar surface area (TPSA) is 29.5 Å². The van der Waals surface area contributed by atoms with E-state index in [1.54, 1.807) is 0 Å². The van der Waals surface area contributed by atoms with Crippen molar-refractivity contribution >= 4 is 18.7 Å². The van der Waals surface area contributed by atoms with E-state index in [1.807, 2.05) is 0 Å².